The molecule has 25 heavy (non-hydrogen) atoms. The highest BCUT2D eigenvalue weighted by Gasteiger charge is 2.10. The number of nitrogens with zero attached hydrogens (tertiary/aromatic N) is 2. The van der Waals surface area contributed by atoms with Gasteiger partial charge in [-0.15, -0.1) is 0 Å². The fourth-order valence-corrected chi connectivity index (χ4v) is 2.70. The Hall–Kier alpha value is -1.81. The molecule has 2 aromatic rings. The van der Waals surface area contributed by atoms with Crippen LogP contribution in [0.2, 0.25) is 10.0 Å². The Morgan fingerprint density at radius 3 is 2.48 bits per heavy atom. The molecule has 0 amide bonds. The molecule has 0 fully saturated rings. The van der Waals surface area contributed by atoms with Crippen LogP contribution in [-0.4, -0.2) is 31.3 Å². The number of anilines is 1. The van der Waals surface area contributed by atoms with Crippen LogP contribution in [-0.2, 0) is 0 Å². The average molecular weight is 376 g/mol. The predicted molar refractivity (Wildman–Crippen MR) is 111 cm³/mol. The number of para-hydroxylation sites is 1. The molecule has 2 aromatic carbocycles. The lowest BCUT2D eigenvalue weighted by Gasteiger charge is -2.17. The van der Waals surface area contributed by atoms with E-state index in [0.717, 1.165) is 23.5 Å². The zero-order chi connectivity index (χ0) is 18.2. The zero-order valence-electron chi connectivity index (χ0n) is 14.7. The van der Waals surface area contributed by atoms with E-state index in [-0.39, 0.29) is 5.92 Å². The van der Waals surface area contributed by atoms with Gasteiger partial charge in [-0.2, -0.15) is 5.10 Å². The Labute approximate surface area is 160 Å². The summed E-state index contributed by atoms with van der Waals surface area (Å²) in [7, 11) is 4.11. The Morgan fingerprint density at radius 2 is 1.84 bits per heavy atom. The van der Waals surface area contributed by atoms with Crippen molar-refractivity contribution in [3.8, 4) is 0 Å². The van der Waals surface area contributed by atoms with E-state index in [2.05, 4.69) is 36.4 Å². The molecule has 0 heterocycles. The van der Waals surface area contributed by atoms with Gasteiger partial charge in [-0.25, -0.2) is 0 Å². The van der Waals surface area contributed by atoms with Gasteiger partial charge in [-0.1, -0.05) is 60.5 Å². The van der Waals surface area contributed by atoms with Gasteiger partial charge < -0.3 is 4.90 Å². The molecule has 3 nitrogen and oxygen atoms in total. The summed E-state index contributed by atoms with van der Waals surface area (Å²) in [5, 5.41) is 5.70. The van der Waals surface area contributed by atoms with Crippen LogP contribution in [0, 0.1) is 5.92 Å². The van der Waals surface area contributed by atoms with E-state index in [1.807, 2.05) is 54.6 Å². The highest BCUT2D eigenvalue weighted by atomic mass is 35.5. The molecule has 0 aliphatic carbocycles. The molecule has 1 atom stereocenters. The van der Waals surface area contributed by atoms with Gasteiger partial charge in [-0.3, -0.25) is 5.43 Å². The molecule has 0 aliphatic heterocycles. The maximum absolute atomic E-state index is 6.09. The number of halogens is 2. The van der Waals surface area contributed by atoms with E-state index in [1.54, 1.807) is 6.07 Å². The standard InChI is InChI=1S/C20H23Cl2N3/c1-15(14-25(2)3)20(24-23-17-7-5-4-6-8-17)12-10-16-9-11-18(21)19(22)13-16/h4-13,15,23H,14H2,1-3H3/b12-10-,24-20+/t15-/m0/s1. The Morgan fingerprint density at radius 1 is 1.12 bits per heavy atom. The maximum Gasteiger partial charge on any atom is 0.0648 e. The van der Waals surface area contributed by atoms with E-state index >= 15 is 0 Å². The topological polar surface area (TPSA) is 27.6 Å². The molecule has 0 saturated carbocycles. The molecule has 5 heteroatoms. The van der Waals surface area contributed by atoms with Gasteiger partial charge in [0.15, 0.2) is 0 Å². The molecule has 0 aliphatic rings. The van der Waals surface area contributed by atoms with E-state index in [1.165, 1.54) is 0 Å². The smallest absolute Gasteiger partial charge is 0.0648 e. The molecule has 0 bridgehead atoms. The zero-order valence-corrected chi connectivity index (χ0v) is 16.2. The fraction of sp³-hybridized carbons (Fsp3) is 0.250. The number of hydrogen-bond acceptors (Lipinski definition) is 3. The molecule has 0 saturated heterocycles. The van der Waals surface area contributed by atoms with Crippen LogP contribution in [0.1, 0.15) is 12.5 Å². The third-order valence-electron chi connectivity index (χ3n) is 3.62. The predicted octanol–water partition coefficient (Wildman–Crippen LogP) is 5.67. The van der Waals surface area contributed by atoms with Crippen molar-refractivity contribution in [1.29, 1.82) is 0 Å². The second-order valence-corrected chi connectivity index (χ2v) is 7.00. The van der Waals surface area contributed by atoms with Crippen LogP contribution in [0.4, 0.5) is 5.69 Å². The summed E-state index contributed by atoms with van der Waals surface area (Å²) in [6.07, 6.45) is 4.02. The third kappa shape index (κ3) is 6.54. The second kappa shape index (κ2) is 9.62. The van der Waals surface area contributed by atoms with Gasteiger partial charge in [0.2, 0.25) is 0 Å². The van der Waals surface area contributed by atoms with Gasteiger partial charge in [-0.05, 0) is 50.0 Å². The summed E-state index contributed by atoms with van der Waals surface area (Å²) in [6.45, 7) is 3.06. The largest absolute Gasteiger partial charge is 0.309 e. The summed E-state index contributed by atoms with van der Waals surface area (Å²) in [6, 6.07) is 15.5. The minimum atomic E-state index is 0.269. The number of allylic oxidation sites excluding steroid dienone is 1. The molecule has 0 radical (unpaired) electrons. The lowest BCUT2D eigenvalue weighted by Crippen LogP contribution is -2.25. The average Bonchev–Trinajstić information content (AvgIpc) is 2.58. The number of rotatable bonds is 7. The number of benzene rings is 2. The lowest BCUT2D eigenvalue weighted by atomic mass is 10.0. The van der Waals surface area contributed by atoms with Crippen molar-refractivity contribution < 1.29 is 0 Å². The summed E-state index contributed by atoms with van der Waals surface area (Å²) in [5.74, 6) is 0.269. The molecule has 2 rings (SSSR count). The minimum Gasteiger partial charge on any atom is -0.309 e. The van der Waals surface area contributed by atoms with Crippen molar-refractivity contribution in [3.63, 3.8) is 0 Å². The van der Waals surface area contributed by atoms with Crippen molar-refractivity contribution in [1.82, 2.24) is 4.90 Å². The molecule has 0 unspecified atom stereocenters. The maximum atomic E-state index is 6.09. The van der Waals surface area contributed by atoms with Gasteiger partial charge in [0, 0.05) is 12.5 Å². The summed E-state index contributed by atoms with van der Waals surface area (Å²) in [5.41, 5.74) is 6.03. The first kappa shape index (κ1) is 19.5. The monoisotopic (exact) mass is 375 g/mol. The summed E-state index contributed by atoms with van der Waals surface area (Å²) < 4.78 is 0. The van der Waals surface area contributed by atoms with Crippen molar-refractivity contribution >= 4 is 40.7 Å². The Bertz CT molecular complexity index is 740. The highest BCUT2D eigenvalue weighted by molar-refractivity contribution is 6.42. The summed E-state index contributed by atoms with van der Waals surface area (Å²) in [4.78, 5) is 2.15. The van der Waals surface area contributed by atoms with Gasteiger partial charge in [0.25, 0.3) is 0 Å². The van der Waals surface area contributed by atoms with Crippen molar-refractivity contribution in [2.45, 2.75) is 6.92 Å². The molecule has 0 spiro atoms. The van der Waals surface area contributed by atoms with E-state index in [0.29, 0.717) is 10.0 Å². The SMILES string of the molecule is C[C@@H](CN(C)C)C(/C=C\c1ccc(Cl)c(Cl)c1)=N/Nc1ccccc1. The lowest BCUT2D eigenvalue weighted by molar-refractivity contribution is 0.381. The van der Waals surface area contributed by atoms with Crippen molar-refractivity contribution in [3.05, 3.63) is 70.2 Å². The molecular weight excluding hydrogens is 353 g/mol. The van der Waals surface area contributed by atoms with Crippen LogP contribution in [0.25, 0.3) is 6.08 Å². The number of hydrogen-bond donors (Lipinski definition) is 1. The van der Waals surface area contributed by atoms with Gasteiger partial charge >= 0.3 is 0 Å². The van der Waals surface area contributed by atoms with Crippen LogP contribution >= 0.6 is 23.2 Å². The molecule has 1 N–H and O–H groups in total. The van der Waals surface area contributed by atoms with Crippen LogP contribution < -0.4 is 5.43 Å². The molecule has 132 valence electrons. The fourth-order valence-electron chi connectivity index (χ4n) is 2.39. The first-order chi connectivity index (χ1) is 12.0. The quantitative estimate of drug-likeness (QED) is 0.498. The highest BCUT2D eigenvalue weighted by Crippen LogP contribution is 2.23. The molecular formula is C20H23Cl2N3. The normalized spacial score (nSPS) is 13.4. The second-order valence-electron chi connectivity index (χ2n) is 6.18. The van der Waals surface area contributed by atoms with E-state index < -0.39 is 0 Å². The first-order valence-electron chi connectivity index (χ1n) is 8.12. The minimum absolute atomic E-state index is 0.269. The van der Waals surface area contributed by atoms with E-state index in [4.69, 9.17) is 23.2 Å². The number of nitrogens with one attached hydrogen (secondary N) is 1. The molecule has 0 aromatic heterocycles. The third-order valence-corrected chi connectivity index (χ3v) is 4.36. The van der Waals surface area contributed by atoms with E-state index in [9.17, 15) is 0 Å². The van der Waals surface area contributed by atoms with Gasteiger partial charge in [0.05, 0.1) is 21.4 Å². The Kier molecular flexibility index (Phi) is 7.51. The van der Waals surface area contributed by atoms with Crippen LogP contribution in [0.3, 0.4) is 0 Å². The van der Waals surface area contributed by atoms with Crippen molar-refractivity contribution in [2.24, 2.45) is 11.0 Å². The Balaban J connectivity index is 2.20. The van der Waals surface area contributed by atoms with Crippen LogP contribution in [0.15, 0.2) is 59.7 Å². The number of hydrazone groups is 1. The first-order valence-corrected chi connectivity index (χ1v) is 8.88. The van der Waals surface area contributed by atoms with Gasteiger partial charge in [0.1, 0.15) is 0 Å². The summed E-state index contributed by atoms with van der Waals surface area (Å²) >= 11 is 12.1. The van der Waals surface area contributed by atoms with Crippen LogP contribution in [0.5, 0.6) is 0 Å². The van der Waals surface area contributed by atoms with Crippen molar-refractivity contribution in [2.75, 3.05) is 26.1 Å².